The van der Waals surface area contributed by atoms with Crippen molar-refractivity contribution >= 4 is 21.8 Å². The van der Waals surface area contributed by atoms with Gasteiger partial charge in [0.2, 0.25) is 16.0 Å². The van der Waals surface area contributed by atoms with Gasteiger partial charge in [0.15, 0.2) is 0 Å². The Balaban J connectivity index is 1.53. The molecular weight excluding hydrogens is 402 g/mol. The summed E-state index contributed by atoms with van der Waals surface area (Å²) in [5, 5.41) is 6.17. The minimum atomic E-state index is -3.63. The van der Waals surface area contributed by atoms with E-state index in [0.29, 0.717) is 24.0 Å². The van der Waals surface area contributed by atoms with E-state index >= 15 is 0 Å². The standard InChI is InChI=1S/C21H25N5O3S/c1-3-22-20-15-16(2)25-21(26-20)23-13-14-24-30(27,28)19-11-9-18(10-12-19)29-17-7-5-4-6-8-17/h4-12,15,24H,3,13-14H2,1-2H3,(H2,22,23,25,26). The van der Waals surface area contributed by atoms with E-state index in [-0.39, 0.29) is 11.4 Å². The number of sulfonamides is 1. The molecule has 0 aliphatic rings. The summed E-state index contributed by atoms with van der Waals surface area (Å²) in [7, 11) is -3.63. The van der Waals surface area contributed by atoms with Crippen LogP contribution in [0.1, 0.15) is 12.6 Å². The topological polar surface area (TPSA) is 105 Å². The fraction of sp³-hybridized carbons (Fsp3) is 0.238. The number of aryl methyl sites for hydroxylation is 1. The molecule has 3 N–H and O–H groups in total. The number of anilines is 2. The van der Waals surface area contributed by atoms with Gasteiger partial charge in [-0.2, -0.15) is 4.98 Å². The van der Waals surface area contributed by atoms with E-state index in [9.17, 15) is 8.42 Å². The van der Waals surface area contributed by atoms with E-state index in [1.165, 1.54) is 12.1 Å². The number of nitrogens with one attached hydrogen (secondary N) is 3. The Kier molecular flexibility index (Phi) is 7.21. The molecule has 1 aromatic heterocycles. The lowest BCUT2D eigenvalue weighted by Gasteiger charge is -2.10. The van der Waals surface area contributed by atoms with E-state index in [1.54, 1.807) is 12.1 Å². The Hall–Kier alpha value is -3.17. The molecule has 0 aliphatic heterocycles. The molecule has 0 fully saturated rings. The first-order valence-electron chi connectivity index (χ1n) is 9.62. The fourth-order valence-electron chi connectivity index (χ4n) is 2.67. The largest absolute Gasteiger partial charge is 0.457 e. The van der Waals surface area contributed by atoms with Gasteiger partial charge < -0.3 is 15.4 Å². The molecule has 0 saturated heterocycles. The number of ether oxygens (including phenoxy) is 1. The van der Waals surface area contributed by atoms with Gasteiger partial charge in [-0.15, -0.1) is 0 Å². The highest BCUT2D eigenvalue weighted by Crippen LogP contribution is 2.22. The summed E-state index contributed by atoms with van der Waals surface area (Å²) in [6.07, 6.45) is 0. The third-order valence-corrected chi connectivity index (χ3v) is 5.50. The second-order valence-corrected chi connectivity index (χ2v) is 8.23. The van der Waals surface area contributed by atoms with E-state index in [2.05, 4.69) is 25.3 Å². The van der Waals surface area contributed by atoms with Crippen LogP contribution in [0.5, 0.6) is 11.5 Å². The number of hydrogen-bond acceptors (Lipinski definition) is 7. The van der Waals surface area contributed by atoms with Crippen molar-refractivity contribution < 1.29 is 13.2 Å². The van der Waals surface area contributed by atoms with Crippen LogP contribution in [0, 0.1) is 6.92 Å². The highest BCUT2D eigenvalue weighted by molar-refractivity contribution is 7.89. The molecule has 0 aliphatic carbocycles. The lowest BCUT2D eigenvalue weighted by atomic mass is 10.3. The van der Waals surface area contributed by atoms with E-state index in [1.807, 2.05) is 50.2 Å². The van der Waals surface area contributed by atoms with Crippen molar-refractivity contribution in [2.75, 3.05) is 30.3 Å². The van der Waals surface area contributed by atoms with Gasteiger partial charge in [-0.1, -0.05) is 18.2 Å². The molecule has 2 aromatic carbocycles. The third kappa shape index (κ3) is 6.16. The second kappa shape index (κ2) is 10.0. The lowest BCUT2D eigenvalue weighted by molar-refractivity contribution is 0.482. The van der Waals surface area contributed by atoms with Crippen molar-refractivity contribution in [3.8, 4) is 11.5 Å². The van der Waals surface area contributed by atoms with Gasteiger partial charge in [-0.3, -0.25) is 0 Å². The summed E-state index contributed by atoms with van der Waals surface area (Å²) < 4.78 is 33.2. The van der Waals surface area contributed by atoms with Gasteiger partial charge >= 0.3 is 0 Å². The maximum atomic E-state index is 12.5. The van der Waals surface area contributed by atoms with Crippen molar-refractivity contribution in [3.63, 3.8) is 0 Å². The first-order chi connectivity index (χ1) is 14.5. The summed E-state index contributed by atoms with van der Waals surface area (Å²) >= 11 is 0. The lowest BCUT2D eigenvalue weighted by Crippen LogP contribution is -2.29. The van der Waals surface area contributed by atoms with Crippen LogP contribution in [0.2, 0.25) is 0 Å². The van der Waals surface area contributed by atoms with Gasteiger partial charge in [-0.25, -0.2) is 18.1 Å². The summed E-state index contributed by atoms with van der Waals surface area (Å²) in [6.45, 7) is 5.16. The maximum Gasteiger partial charge on any atom is 0.240 e. The zero-order chi connectivity index (χ0) is 21.4. The van der Waals surface area contributed by atoms with Crippen LogP contribution in [-0.2, 0) is 10.0 Å². The Morgan fingerprint density at radius 2 is 1.60 bits per heavy atom. The monoisotopic (exact) mass is 427 g/mol. The smallest absolute Gasteiger partial charge is 0.240 e. The van der Waals surface area contributed by atoms with Crippen molar-refractivity contribution in [1.29, 1.82) is 0 Å². The number of hydrogen-bond donors (Lipinski definition) is 3. The summed E-state index contributed by atoms with van der Waals surface area (Å²) in [4.78, 5) is 8.80. The summed E-state index contributed by atoms with van der Waals surface area (Å²) in [5.74, 6) is 2.43. The molecule has 3 aromatic rings. The molecule has 0 unspecified atom stereocenters. The van der Waals surface area contributed by atoms with Crippen LogP contribution in [-0.4, -0.2) is 38.0 Å². The van der Waals surface area contributed by atoms with Crippen LogP contribution >= 0.6 is 0 Å². The van der Waals surface area contributed by atoms with Crippen LogP contribution in [0.3, 0.4) is 0 Å². The minimum Gasteiger partial charge on any atom is -0.457 e. The Labute approximate surface area is 176 Å². The molecule has 0 radical (unpaired) electrons. The first-order valence-corrected chi connectivity index (χ1v) is 11.1. The molecule has 0 bridgehead atoms. The number of para-hydroxylation sites is 1. The average Bonchev–Trinajstić information content (AvgIpc) is 2.72. The van der Waals surface area contributed by atoms with Crippen LogP contribution in [0.25, 0.3) is 0 Å². The molecule has 3 rings (SSSR count). The van der Waals surface area contributed by atoms with E-state index in [4.69, 9.17) is 4.74 Å². The van der Waals surface area contributed by atoms with Crippen LogP contribution < -0.4 is 20.1 Å². The van der Waals surface area contributed by atoms with Gasteiger partial charge in [0.1, 0.15) is 17.3 Å². The molecule has 30 heavy (non-hydrogen) atoms. The fourth-order valence-corrected chi connectivity index (χ4v) is 3.71. The third-order valence-electron chi connectivity index (χ3n) is 4.03. The van der Waals surface area contributed by atoms with Crippen molar-refractivity contribution in [2.45, 2.75) is 18.7 Å². The Bertz CT molecular complexity index is 1060. The van der Waals surface area contributed by atoms with Gasteiger partial charge in [0.25, 0.3) is 0 Å². The molecule has 158 valence electrons. The molecule has 9 heteroatoms. The quantitative estimate of drug-likeness (QED) is 0.426. The summed E-state index contributed by atoms with van der Waals surface area (Å²) in [5.41, 5.74) is 0.821. The summed E-state index contributed by atoms with van der Waals surface area (Å²) in [6, 6.07) is 17.4. The Morgan fingerprint density at radius 1 is 0.900 bits per heavy atom. The SMILES string of the molecule is CCNc1cc(C)nc(NCCNS(=O)(=O)c2ccc(Oc3ccccc3)cc2)n1. The van der Waals surface area contributed by atoms with Crippen molar-refractivity contribution in [1.82, 2.24) is 14.7 Å². The molecule has 0 atom stereocenters. The molecule has 0 amide bonds. The molecule has 0 spiro atoms. The molecule has 1 heterocycles. The minimum absolute atomic E-state index is 0.171. The molecule has 0 saturated carbocycles. The zero-order valence-corrected chi connectivity index (χ0v) is 17.7. The van der Waals surface area contributed by atoms with Crippen LogP contribution in [0.4, 0.5) is 11.8 Å². The average molecular weight is 428 g/mol. The van der Waals surface area contributed by atoms with Gasteiger partial charge in [0.05, 0.1) is 4.90 Å². The van der Waals surface area contributed by atoms with Crippen molar-refractivity contribution in [3.05, 3.63) is 66.4 Å². The highest BCUT2D eigenvalue weighted by Gasteiger charge is 2.13. The van der Waals surface area contributed by atoms with E-state index in [0.717, 1.165) is 18.1 Å². The normalized spacial score (nSPS) is 11.1. The van der Waals surface area contributed by atoms with Crippen molar-refractivity contribution in [2.24, 2.45) is 0 Å². The Morgan fingerprint density at radius 3 is 2.30 bits per heavy atom. The van der Waals surface area contributed by atoms with Crippen LogP contribution in [0.15, 0.2) is 65.6 Å². The van der Waals surface area contributed by atoms with E-state index < -0.39 is 10.0 Å². The molecule has 8 nitrogen and oxygen atoms in total. The second-order valence-electron chi connectivity index (χ2n) is 6.46. The molecular formula is C21H25N5O3S. The number of aromatic nitrogens is 2. The number of nitrogens with zero attached hydrogens (tertiary/aromatic N) is 2. The predicted octanol–water partition coefficient (Wildman–Crippen LogP) is 3.40. The number of rotatable bonds is 10. The first kappa shape index (κ1) is 21.5. The highest BCUT2D eigenvalue weighted by atomic mass is 32.2. The van der Waals surface area contributed by atoms with Gasteiger partial charge in [0, 0.05) is 31.4 Å². The maximum absolute atomic E-state index is 12.5. The number of benzene rings is 2. The zero-order valence-electron chi connectivity index (χ0n) is 16.9. The van der Waals surface area contributed by atoms with Gasteiger partial charge in [-0.05, 0) is 50.2 Å². The predicted molar refractivity (Wildman–Crippen MR) is 118 cm³/mol.